The molecule has 0 saturated heterocycles. The van der Waals surface area contributed by atoms with Crippen molar-refractivity contribution in [2.75, 3.05) is 0 Å². The van der Waals surface area contributed by atoms with Gasteiger partial charge in [0.1, 0.15) is 6.10 Å². The summed E-state index contributed by atoms with van der Waals surface area (Å²) in [6.07, 6.45) is 3.35. The van der Waals surface area contributed by atoms with Crippen molar-refractivity contribution < 1.29 is 24.9 Å². The van der Waals surface area contributed by atoms with E-state index in [0.29, 0.717) is 6.42 Å². The van der Waals surface area contributed by atoms with E-state index in [9.17, 15) is 24.9 Å². The third-order valence-corrected chi connectivity index (χ3v) is 3.87. The number of carbonyl (C=O) groups is 2. The number of aliphatic hydroxyl groups is 3. The molecule has 1 saturated carbocycles. The molecule has 0 unspecified atom stereocenters. The van der Waals surface area contributed by atoms with Gasteiger partial charge >= 0.3 is 0 Å². The Kier molecular flexibility index (Phi) is 7.78. The topological polar surface area (TPSA) is 94.8 Å². The van der Waals surface area contributed by atoms with Gasteiger partial charge < -0.3 is 15.3 Å². The maximum atomic E-state index is 11.7. The Morgan fingerprint density at radius 3 is 2.57 bits per heavy atom. The number of hydrogen-bond acceptors (Lipinski definition) is 5. The van der Waals surface area contributed by atoms with Crippen LogP contribution in [0.1, 0.15) is 58.3 Å². The Balaban J connectivity index is 2.46. The van der Waals surface area contributed by atoms with E-state index in [1.165, 1.54) is 6.08 Å². The summed E-state index contributed by atoms with van der Waals surface area (Å²) in [5.74, 6) is -0.870. The Labute approximate surface area is 125 Å². The first-order valence-electron chi connectivity index (χ1n) is 7.79. The summed E-state index contributed by atoms with van der Waals surface area (Å²) < 4.78 is 0. The molecular formula is C16H26O5. The van der Waals surface area contributed by atoms with Gasteiger partial charge in [0.15, 0.2) is 11.6 Å². The third kappa shape index (κ3) is 5.69. The molecule has 0 bridgehead atoms. The zero-order chi connectivity index (χ0) is 15.8. The summed E-state index contributed by atoms with van der Waals surface area (Å²) in [6, 6.07) is 0. The lowest BCUT2D eigenvalue weighted by atomic mass is 9.88. The summed E-state index contributed by atoms with van der Waals surface area (Å²) in [7, 11) is 0. The predicted octanol–water partition coefficient (Wildman–Crippen LogP) is 1.29. The minimum Gasteiger partial charge on any atom is -0.390 e. The molecule has 1 fully saturated rings. The Hall–Kier alpha value is -1.04. The number of Topliss-reactive ketones (excluding diaryl/α,β-unsaturated/α-hetero) is 2. The maximum absolute atomic E-state index is 11.7. The quantitative estimate of drug-likeness (QED) is 0.356. The van der Waals surface area contributed by atoms with Crippen molar-refractivity contribution in [1.82, 2.24) is 0 Å². The SMILES string of the molecule is CCCCCC[C@@H](O)[C@H](O)C/C=C1/C(=O)CC[C@@H](O)C1=O. The lowest BCUT2D eigenvalue weighted by Gasteiger charge is -2.19. The number of rotatable bonds is 8. The maximum Gasteiger partial charge on any atom is 0.194 e. The van der Waals surface area contributed by atoms with Crippen LogP contribution in [0.3, 0.4) is 0 Å². The van der Waals surface area contributed by atoms with Gasteiger partial charge in [-0.2, -0.15) is 0 Å². The number of ketones is 2. The fourth-order valence-corrected chi connectivity index (χ4v) is 2.43. The van der Waals surface area contributed by atoms with Crippen LogP contribution in [0.2, 0.25) is 0 Å². The fraction of sp³-hybridized carbons (Fsp3) is 0.750. The predicted molar refractivity (Wildman–Crippen MR) is 78.7 cm³/mol. The molecule has 1 rings (SSSR count). The molecular weight excluding hydrogens is 272 g/mol. The molecule has 0 aliphatic heterocycles. The van der Waals surface area contributed by atoms with Crippen molar-refractivity contribution in [3.8, 4) is 0 Å². The fourth-order valence-electron chi connectivity index (χ4n) is 2.43. The van der Waals surface area contributed by atoms with Gasteiger partial charge in [-0.05, 0) is 19.3 Å². The van der Waals surface area contributed by atoms with Gasteiger partial charge in [-0.25, -0.2) is 0 Å². The molecule has 21 heavy (non-hydrogen) atoms. The highest BCUT2D eigenvalue weighted by Crippen LogP contribution is 2.19. The number of hydrogen-bond donors (Lipinski definition) is 3. The summed E-state index contributed by atoms with van der Waals surface area (Å²) in [6.45, 7) is 2.10. The van der Waals surface area contributed by atoms with Crippen molar-refractivity contribution in [3.05, 3.63) is 11.6 Å². The molecule has 0 aromatic rings. The van der Waals surface area contributed by atoms with Crippen LogP contribution < -0.4 is 0 Å². The Morgan fingerprint density at radius 2 is 1.90 bits per heavy atom. The number of carbonyl (C=O) groups excluding carboxylic acids is 2. The first-order valence-corrected chi connectivity index (χ1v) is 7.79. The minimum absolute atomic E-state index is 0.0361. The van der Waals surface area contributed by atoms with E-state index in [1.807, 2.05) is 0 Å². The minimum atomic E-state index is -1.12. The molecule has 3 N–H and O–H groups in total. The van der Waals surface area contributed by atoms with Crippen LogP contribution in [-0.4, -0.2) is 45.2 Å². The first kappa shape index (κ1) is 18.0. The van der Waals surface area contributed by atoms with Crippen molar-refractivity contribution in [2.24, 2.45) is 0 Å². The third-order valence-electron chi connectivity index (χ3n) is 3.87. The smallest absolute Gasteiger partial charge is 0.194 e. The standard InChI is InChI=1S/C16H26O5/c1-2-3-4-5-6-13(18)14(19)8-7-11-12(17)9-10-15(20)16(11)21/h7,13-15,18-20H,2-6,8-10H2,1H3/b11-7-/t13-,14-,15-/m1/s1. The van der Waals surface area contributed by atoms with Crippen molar-refractivity contribution >= 4 is 11.6 Å². The van der Waals surface area contributed by atoms with E-state index in [1.54, 1.807) is 0 Å². The van der Waals surface area contributed by atoms with Crippen LogP contribution in [0.4, 0.5) is 0 Å². The van der Waals surface area contributed by atoms with E-state index >= 15 is 0 Å². The summed E-state index contributed by atoms with van der Waals surface area (Å²) in [5, 5.41) is 29.1. The zero-order valence-corrected chi connectivity index (χ0v) is 12.6. The Morgan fingerprint density at radius 1 is 1.19 bits per heavy atom. The van der Waals surface area contributed by atoms with Gasteiger partial charge in [0.05, 0.1) is 17.8 Å². The van der Waals surface area contributed by atoms with E-state index in [4.69, 9.17) is 0 Å². The van der Waals surface area contributed by atoms with Gasteiger partial charge in [0, 0.05) is 6.42 Å². The molecule has 5 nitrogen and oxygen atoms in total. The second kappa shape index (κ2) is 9.07. The van der Waals surface area contributed by atoms with Crippen LogP contribution >= 0.6 is 0 Å². The molecule has 0 amide bonds. The molecule has 120 valence electrons. The molecule has 3 atom stereocenters. The lowest BCUT2D eigenvalue weighted by molar-refractivity contribution is -0.130. The van der Waals surface area contributed by atoms with Gasteiger partial charge in [-0.15, -0.1) is 0 Å². The summed E-state index contributed by atoms with van der Waals surface area (Å²) in [5.41, 5.74) is -0.0361. The molecule has 0 spiro atoms. The second-order valence-corrected chi connectivity index (χ2v) is 5.68. The van der Waals surface area contributed by atoms with Crippen molar-refractivity contribution in [2.45, 2.75) is 76.6 Å². The second-order valence-electron chi connectivity index (χ2n) is 5.68. The average molecular weight is 298 g/mol. The first-order chi connectivity index (χ1) is 9.97. The summed E-state index contributed by atoms with van der Waals surface area (Å²) >= 11 is 0. The van der Waals surface area contributed by atoms with Crippen LogP contribution in [0.15, 0.2) is 11.6 Å². The van der Waals surface area contributed by atoms with Crippen LogP contribution in [-0.2, 0) is 9.59 Å². The van der Waals surface area contributed by atoms with Crippen molar-refractivity contribution in [1.29, 1.82) is 0 Å². The molecule has 5 heteroatoms. The van der Waals surface area contributed by atoms with Crippen LogP contribution in [0, 0.1) is 0 Å². The largest absolute Gasteiger partial charge is 0.390 e. The monoisotopic (exact) mass is 298 g/mol. The average Bonchev–Trinajstić information content (AvgIpc) is 2.47. The highest BCUT2D eigenvalue weighted by atomic mass is 16.3. The van der Waals surface area contributed by atoms with Crippen molar-refractivity contribution in [3.63, 3.8) is 0 Å². The van der Waals surface area contributed by atoms with E-state index in [0.717, 1.165) is 25.7 Å². The summed E-state index contributed by atoms with van der Waals surface area (Å²) in [4.78, 5) is 23.3. The number of aliphatic hydroxyl groups excluding tert-OH is 3. The van der Waals surface area contributed by atoms with E-state index < -0.39 is 24.1 Å². The normalized spacial score (nSPS) is 24.4. The highest BCUT2D eigenvalue weighted by Gasteiger charge is 2.30. The van der Waals surface area contributed by atoms with Gasteiger partial charge in [-0.1, -0.05) is 38.7 Å². The van der Waals surface area contributed by atoms with Crippen LogP contribution in [0.5, 0.6) is 0 Å². The van der Waals surface area contributed by atoms with E-state index in [-0.39, 0.29) is 30.6 Å². The van der Waals surface area contributed by atoms with Crippen LogP contribution in [0.25, 0.3) is 0 Å². The van der Waals surface area contributed by atoms with E-state index in [2.05, 4.69) is 6.92 Å². The lowest BCUT2D eigenvalue weighted by Crippen LogP contribution is -2.32. The molecule has 1 aliphatic rings. The molecule has 0 heterocycles. The van der Waals surface area contributed by atoms with Gasteiger partial charge in [-0.3, -0.25) is 9.59 Å². The molecule has 0 aromatic heterocycles. The van der Waals surface area contributed by atoms with Gasteiger partial charge in [0.25, 0.3) is 0 Å². The highest BCUT2D eigenvalue weighted by molar-refractivity contribution is 6.23. The molecule has 0 radical (unpaired) electrons. The molecule has 1 aliphatic carbocycles. The zero-order valence-electron chi connectivity index (χ0n) is 12.6. The van der Waals surface area contributed by atoms with Gasteiger partial charge in [0.2, 0.25) is 0 Å². The molecule has 0 aromatic carbocycles. The number of unbranched alkanes of at least 4 members (excludes halogenated alkanes) is 3. The Bertz CT molecular complexity index is 388.